The van der Waals surface area contributed by atoms with Gasteiger partial charge in [0, 0.05) is 16.6 Å². The van der Waals surface area contributed by atoms with Crippen LogP contribution >= 0.6 is 15.9 Å². The Kier molecular flexibility index (Phi) is 5.60. The molecule has 1 unspecified atom stereocenters. The molecule has 4 heteroatoms. The van der Waals surface area contributed by atoms with Crippen LogP contribution in [-0.4, -0.2) is 18.2 Å². The topological polar surface area (TPSA) is 21.3 Å². The lowest BCUT2D eigenvalue weighted by Crippen LogP contribution is -2.42. The molecule has 0 amide bonds. The van der Waals surface area contributed by atoms with E-state index in [2.05, 4.69) is 42.0 Å². The van der Waals surface area contributed by atoms with Gasteiger partial charge >= 0.3 is 0 Å². The van der Waals surface area contributed by atoms with Crippen LogP contribution in [0.25, 0.3) is 0 Å². The van der Waals surface area contributed by atoms with E-state index in [1.807, 2.05) is 6.92 Å². The van der Waals surface area contributed by atoms with E-state index in [1.165, 1.54) is 6.07 Å². The Morgan fingerprint density at radius 3 is 2.61 bits per heavy atom. The second-order valence-corrected chi connectivity index (χ2v) is 6.27. The van der Waals surface area contributed by atoms with Gasteiger partial charge in [-0.1, -0.05) is 22.9 Å². The summed E-state index contributed by atoms with van der Waals surface area (Å²) in [6.45, 7) is 9.02. The van der Waals surface area contributed by atoms with Crippen LogP contribution in [0.2, 0.25) is 0 Å². The zero-order valence-corrected chi connectivity index (χ0v) is 13.0. The minimum Gasteiger partial charge on any atom is -0.486 e. The molecule has 0 fully saturated rings. The van der Waals surface area contributed by atoms with Gasteiger partial charge in [0.2, 0.25) is 0 Å². The Labute approximate surface area is 117 Å². The highest BCUT2D eigenvalue weighted by Crippen LogP contribution is 2.23. The van der Waals surface area contributed by atoms with Crippen molar-refractivity contribution in [2.45, 2.75) is 45.8 Å². The smallest absolute Gasteiger partial charge is 0.165 e. The van der Waals surface area contributed by atoms with Gasteiger partial charge in [0.15, 0.2) is 11.6 Å². The Morgan fingerprint density at radius 2 is 2.06 bits per heavy atom. The standard InChI is InChI=1S/C14H21BrFNO/c1-5-11(9-17-14(2,3)4)18-13-8-10(15)6-7-12(13)16/h6-8,11,17H,5,9H2,1-4H3. The highest BCUT2D eigenvalue weighted by Gasteiger charge is 2.15. The third kappa shape index (κ3) is 5.36. The summed E-state index contributed by atoms with van der Waals surface area (Å²) in [4.78, 5) is 0. The van der Waals surface area contributed by atoms with E-state index in [0.29, 0.717) is 12.3 Å². The second kappa shape index (κ2) is 6.53. The van der Waals surface area contributed by atoms with Crippen LogP contribution in [0.1, 0.15) is 34.1 Å². The van der Waals surface area contributed by atoms with E-state index in [0.717, 1.165) is 10.9 Å². The molecule has 0 radical (unpaired) electrons. The van der Waals surface area contributed by atoms with E-state index < -0.39 is 0 Å². The van der Waals surface area contributed by atoms with Gasteiger partial charge < -0.3 is 10.1 Å². The van der Waals surface area contributed by atoms with Crippen molar-refractivity contribution in [3.05, 3.63) is 28.5 Å². The number of ether oxygens (including phenoxy) is 1. The third-order valence-corrected chi connectivity index (χ3v) is 3.00. The summed E-state index contributed by atoms with van der Waals surface area (Å²) in [5, 5.41) is 3.37. The molecule has 18 heavy (non-hydrogen) atoms. The van der Waals surface area contributed by atoms with Crippen molar-refractivity contribution in [2.24, 2.45) is 0 Å². The normalized spacial score (nSPS) is 13.4. The maximum Gasteiger partial charge on any atom is 0.165 e. The molecule has 0 bridgehead atoms. The van der Waals surface area contributed by atoms with Crippen molar-refractivity contribution in [1.82, 2.24) is 5.32 Å². The molecule has 0 aliphatic rings. The quantitative estimate of drug-likeness (QED) is 0.881. The first-order chi connectivity index (χ1) is 8.31. The summed E-state index contributed by atoms with van der Waals surface area (Å²) in [6.07, 6.45) is 0.794. The summed E-state index contributed by atoms with van der Waals surface area (Å²) in [5.41, 5.74) is 0.0343. The van der Waals surface area contributed by atoms with Crippen LogP contribution in [0.4, 0.5) is 4.39 Å². The van der Waals surface area contributed by atoms with Gasteiger partial charge in [-0.2, -0.15) is 0 Å². The largest absolute Gasteiger partial charge is 0.486 e. The molecule has 0 aliphatic heterocycles. The van der Waals surface area contributed by atoms with Crippen LogP contribution in [0.5, 0.6) is 5.75 Å². The van der Waals surface area contributed by atoms with Crippen LogP contribution in [0.3, 0.4) is 0 Å². The van der Waals surface area contributed by atoms with E-state index in [-0.39, 0.29) is 17.5 Å². The van der Waals surface area contributed by atoms with Crippen molar-refractivity contribution in [1.29, 1.82) is 0 Å². The van der Waals surface area contributed by atoms with Gasteiger partial charge in [0.1, 0.15) is 6.10 Å². The number of benzene rings is 1. The fraction of sp³-hybridized carbons (Fsp3) is 0.571. The monoisotopic (exact) mass is 317 g/mol. The Hall–Kier alpha value is -0.610. The minimum atomic E-state index is -0.326. The van der Waals surface area contributed by atoms with E-state index >= 15 is 0 Å². The molecular weight excluding hydrogens is 297 g/mol. The molecule has 1 N–H and O–H groups in total. The number of hydrogen-bond donors (Lipinski definition) is 1. The molecule has 0 heterocycles. The van der Waals surface area contributed by atoms with Crippen molar-refractivity contribution in [3.63, 3.8) is 0 Å². The maximum atomic E-state index is 13.6. The number of halogens is 2. The average Bonchev–Trinajstić information content (AvgIpc) is 2.27. The lowest BCUT2D eigenvalue weighted by Gasteiger charge is -2.25. The maximum absolute atomic E-state index is 13.6. The summed E-state index contributed by atoms with van der Waals surface area (Å²) in [5.74, 6) is -0.0284. The lowest BCUT2D eigenvalue weighted by molar-refractivity contribution is 0.174. The van der Waals surface area contributed by atoms with Crippen molar-refractivity contribution < 1.29 is 9.13 Å². The first-order valence-electron chi connectivity index (χ1n) is 6.18. The lowest BCUT2D eigenvalue weighted by atomic mass is 10.1. The van der Waals surface area contributed by atoms with Gasteiger partial charge in [-0.3, -0.25) is 0 Å². The molecule has 0 saturated heterocycles. The fourth-order valence-corrected chi connectivity index (χ4v) is 1.78. The Bertz CT molecular complexity index is 390. The zero-order chi connectivity index (χ0) is 13.8. The fourth-order valence-electron chi connectivity index (χ4n) is 1.44. The summed E-state index contributed by atoms with van der Waals surface area (Å²) >= 11 is 3.32. The van der Waals surface area contributed by atoms with Crippen LogP contribution in [-0.2, 0) is 0 Å². The molecule has 1 rings (SSSR count). The van der Waals surface area contributed by atoms with Gasteiger partial charge in [0.25, 0.3) is 0 Å². The predicted molar refractivity (Wildman–Crippen MR) is 76.6 cm³/mol. The molecule has 2 nitrogen and oxygen atoms in total. The van der Waals surface area contributed by atoms with Gasteiger partial charge in [0.05, 0.1) is 0 Å². The highest BCUT2D eigenvalue weighted by atomic mass is 79.9. The highest BCUT2D eigenvalue weighted by molar-refractivity contribution is 9.10. The summed E-state index contributed by atoms with van der Waals surface area (Å²) in [6, 6.07) is 4.73. The van der Waals surface area contributed by atoms with Crippen LogP contribution < -0.4 is 10.1 Å². The predicted octanol–water partition coefficient (Wildman–Crippen LogP) is 4.13. The first-order valence-corrected chi connectivity index (χ1v) is 6.98. The third-order valence-electron chi connectivity index (χ3n) is 2.50. The van der Waals surface area contributed by atoms with Gasteiger partial charge in [-0.15, -0.1) is 0 Å². The van der Waals surface area contributed by atoms with Crippen LogP contribution in [0.15, 0.2) is 22.7 Å². The number of nitrogens with one attached hydrogen (secondary N) is 1. The molecule has 0 spiro atoms. The van der Waals surface area contributed by atoms with Crippen molar-refractivity contribution in [2.75, 3.05) is 6.54 Å². The molecule has 1 atom stereocenters. The summed E-state index contributed by atoms with van der Waals surface area (Å²) < 4.78 is 20.1. The molecule has 0 aliphatic carbocycles. The number of hydrogen-bond acceptors (Lipinski definition) is 2. The molecule has 1 aromatic carbocycles. The minimum absolute atomic E-state index is 0.0342. The average molecular weight is 318 g/mol. The number of rotatable bonds is 5. The molecular formula is C14H21BrFNO. The summed E-state index contributed by atoms with van der Waals surface area (Å²) in [7, 11) is 0. The van der Waals surface area contributed by atoms with Crippen molar-refractivity contribution in [3.8, 4) is 5.75 Å². The SMILES string of the molecule is CCC(CNC(C)(C)C)Oc1cc(Br)ccc1F. The van der Waals surface area contributed by atoms with Crippen molar-refractivity contribution >= 4 is 15.9 Å². The second-order valence-electron chi connectivity index (χ2n) is 5.35. The van der Waals surface area contributed by atoms with E-state index in [4.69, 9.17) is 4.74 Å². The molecule has 102 valence electrons. The molecule has 1 aromatic rings. The van der Waals surface area contributed by atoms with E-state index in [1.54, 1.807) is 12.1 Å². The Balaban J connectivity index is 2.65. The zero-order valence-electron chi connectivity index (χ0n) is 11.4. The van der Waals surface area contributed by atoms with Crippen LogP contribution in [0, 0.1) is 5.82 Å². The van der Waals surface area contributed by atoms with Gasteiger partial charge in [-0.25, -0.2) is 4.39 Å². The molecule has 0 aromatic heterocycles. The first kappa shape index (κ1) is 15.4. The van der Waals surface area contributed by atoms with Gasteiger partial charge in [-0.05, 0) is 45.4 Å². The molecule has 0 saturated carbocycles. The Morgan fingerprint density at radius 1 is 1.39 bits per heavy atom. The van der Waals surface area contributed by atoms with E-state index in [9.17, 15) is 4.39 Å².